The average molecular weight is 348 g/mol. The highest BCUT2D eigenvalue weighted by atomic mass is 35.5. The molecule has 0 fully saturated rings. The van der Waals surface area contributed by atoms with E-state index >= 15 is 0 Å². The van der Waals surface area contributed by atoms with E-state index in [9.17, 15) is 4.79 Å². The van der Waals surface area contributed by atoms with Crippen molar-refractivity contribution in [1.82, 2.24) is 9.97 Å². The van der Waals surface area contributed by atoms with Crippen molar-refractivity contribution in [1.29, 1.82) is 5.26 Å². The van der Waals surface area contributed by atoms with Crippen LogP contribution in [0, 0.1) is 11.3 Å². The number of nitrogens with zero attached hydrogens (tertiary/aromatic N) is 3. The number of hydrogen-bond donors (Lipinski definition) is 3. The Morgan fingerprint density at radius 2 is 2.17 bits per heavy atom. The highest BCUT2D eigenvalue weighted by molar-refractivity contribution is 6.31. The van der Waals surface area contributed by atoms with Crippen LogP contribution in [0.4, 0.5) is 16.3 Å². The van der Waals surface area contributed by atoms with E-state index < -0.39 is 6.03 Å². The maximum atomic E-state index is 12.0. The van der Waals surface area contributed by atoms with Gasteiger partial charge in [-0.1, -0.05) is 11.6 Å². The number of aromatic nitrogens is 2. The van der Waals surface area contributed by atoms with Gasteiger partial charge in [0.05, 0.1) is 24.7 Å². The molecule has 0 aliphatic carbocycles. The number of benzene rings is 1. The van der Waals surface area contributed by atoms with Gasteiger partial charge in [-0.25, -0.2) is 14.8 Å². The van der Waals surface area contributed by atoms with Crippen molar-refractivity contribution in [2.75, 3.05) is 23.8 Å². The van der Waals surface area contributed by atoms with Crippen molar-refractivity contribution in [3.8, 4) is 11.8 Å². The molecule has 3 N–H and O–H groups in total. The summed E-state index contributed by atoms with van der Waals surface area (Å²) in [5.74, 6) is 0.616. The van der Waals surface area contributed by atoms with Gasteiger partial charge in [-0.2, -0.15) is 5.26 Å². The van der Waals surface area contributed by atoms with Crippen LogP contribution in [0.1, 0.15) is 12.1 Å². The smallest absolute Gasteiger partial charge is 0.325 e. The number of hydrogen-bond acceptors (Lipinski definition) is 6. The Morgan fingerprint density at radius 1 is 1.33 bits per heavy atom. The first kappa shape index (κ1) is 17.5. The molecule has 0 aliphatic heterocycles. The molecular weight excluding hydrogens is 334 g/mol. The lowest BCUT2D eigenvalue weighted by Gasteiger charge is -2.13. The van der Waals surface area contributed by atoms with Crippen LogP contribution in [-0.4, -0.2) is 34.3 Å². The van der Waals surface area contributed by atoms with Crippen molar-refractivity contribution in [2.45, 2.75) is 6.42 Å². The van der Waals surface area contributed by atoms with Crippen LogP contribution in [0.25, 0.3) is 0 Å². The van der Waals surface area contributed by atoms with E-state index in [1.165, 1.54) is 12.4 Å². The molecule has 8 nitrogen and oxygen atoms in total. The molecule has 0 radical (unpaired) electrons. The topological polar surface area (TPSA) is 120 Å². The standard InChI is InChI=1S/C15H14ClN5O3/c16-10-2-3-13(24-5-1-4-22)12(6-10)20-15(23)21-14-9-18-11(7-17)8-19-14/h2-3,6,8-9,22H,1,4-5H2,(H2,19,20,21,23). The number of nitriles is 1. The van der Waals surface area contributed by atoms with E-state index in [1.807, 2.05) is 6.07 Å². The van der Waals surface area contributed by atoms with Crippen molar-refractivity contribution in [3.05, 3.63) is 41.3 Å². The Bertz CT molecular complexity index is 746. The summed E-state index contributed by atoms with van der Waals surface area (Å²) in [6.45, 7) is 0.309. The maximum Gasteiger partial charge on any atom is 0.325 e. The van der Waals surface area contributed by atoms with Crippen LogP contribution in [0.2, 0.25) is 5.02 Å². The Balaban J connectivity index is 2.04. The Labute approximate surface area is 143 Å². The Morgan fingerprint density at radius 3 is 2.83 bits per heavy atom. The monoisotopic (exact) mass is 347 g/mol. The molecular formula is C15H14ClN5O3. The van der Waals surface area contributed by atoms with Gasteiger partial charge >= 0.3 is 6.03 Å². The molecule has 1 aromatic carbocycles. The minimum atomic E-state index is -0.566. The van der Waals surface area contributed by atoms with Gasteiger partial charge in [0.1, 0.15) is 11.8 Å². The number of carbonyl (C=O) groups is 1. The predicted molar refractivity (Wildman–Crippen MR) is 88.0 cm³/mol. The molecule has 0 spiro atoms. The summed E-state index contributed by atoms with van der Waals surface area (Å²) in [7, 11) is 0. The first-order valence-electron chi connectivity index (χ1n) is 6.95. The van der Waals surface area contributed by atoms with Gasteiger partial charge in [-0.05, 0) is 18.2 Å². The third kappa shape index (κ3) is 5.08. The van der Waals surface area contributed by atoms with Gasteiger partial charge in [-0.15, -0.1) is 0 Å². The van der Waals surface area contributed by atoms with Gasteiger partial charge in [0.2, 0.25) is 0 Å². The van der Waals surface area contributed by atoms with E-state index in [1.54, 1.807) is 18.2 Å². The highest BCUT2D eigenvalue weighted by Gasteiger charge is 2.10. The minimum Gasteiger partial charge on any atom is -0.491 e. The van der Waals surface area contributed by atoms with E-state index in [-0.39, 0.29) is 18.1 Å². The van der Waals surface area contributed by atoms with Crippen LogP contribution in [0.15, 0.2) is 30.6 Å². The number of carbonyl (C=O) groups excluding carboxylic acids is 1. The normalized spacial score (nSPS) is 9.88. The molecule has 0 saturated carbocycles. The zero-order valence-corrected chi connectivity index (χ0v) is 13.2. The van der Waals surface area contributed by atoms with Gasteiger partial charge in [0, 0.05) is 18.1 Å². The maximum absolute atomic E-state index is 12.0. The summed E-state index contributed by atoms with van der Waals surface area (Å²) in [6.07, 6.45) is 2.99. The summed E-state index contributed by atoms with van der Waals surface area (Å²) in [5.41, 5.74) is 0.523. The quantitative estimate of drug-likeness (QED) is 0.690. The van der Waals surface area contributed by atoms with Crippen LogP contribution < -0.4 is 15.4 Å². The average Bonchev–Trinajstić information content (AvgIpc) is 2.57. The van der Waals surface area contributed by atoms with Crippen LogP contribution >= 0.6 is 11.6 Å². The molecule has 2 aromatic rings. The van der Waals surface area contributed by atoms with E-state index in [0.717, 1.165) is 0 Å². The minimum absolute atomic E-state index is 0.00813. The van der Waals surface area contributed by atoms with Crippen molar-refractivity contribution in [3.63, 3.8) is 0 Å². The van der Waals surface area contributed by atoms with Gasteiger partial charge < -0.3 is 15.2 Å². The van der Waals surface area contributed by atoms with Gasteiger partial charge in [0.15, 0.2) is 11.5 Å². The fourth-order valence-electron chi connectivity index (χ4n) is 1.69. The summed E-state index contributed by atoms with van der Waals surface area (Å²) in [4.78, 5) is 19.7. The molecule has 24 heavy (non-hydrogen) atoms. The molecule has 0 atom stereocenters. The first-order chi connectivity index (χ1) is 11.6. The Hall–Kier alpha value is -2.89. The number of aliphatic hydroxyl groups is 1. The molecule has 2 amide bonds. The summed E-state index contributed by atoms with van der Waals surface area (Å²) in [6, 6.07) is 6.06. The number of nitrogens with one attached hydrogen (secondary N) is 2. The second-order valence-corrected chi connectivity index (χ2v) is 4.98. The third-order valence-corrected chi connectivity index (χ3v) is 2.99. The molecule has 0 aliphatic rings. The number of aliphatic hydroxyl groups excluding tert-OH is 1. The van der Waals surface area contributed by atoms with Crippen LogP contribution in [0.5, 0.6) is 5.75 Å². The van der Waals surface area contributed by atoms with E-state index in [4.69, 9.17) is 26.7 Å². The zero-order valence-electron chi connectivity index (χ0n) is 12.5. The molecule has 1 aromatic heterocycles. The molecule has 0 unspecified atom stereocenters. The van der Waals surface area contributed by atoms with Crippen LogP contribution in [0.3, 0.4) is 0 Å². The molecule has 2 rings (SSSR count). The number of anilines is 2. The summed E-state index contributed by atoms with van der Waals surface area (Å²) < 4.78 is 5.49. The molecule has 124 valence electrons. The lowest BCUT2D eigenvalue weighted by Crippen LogP contribution is -2.21. The number of amides is 2. The number of halogens is 1. The fourth-order valence-corrected chi connectivity index (χ4v) is 1.86. The van der Waals surface area contributed by atoms with Crippen LogP contribution in [-0.2, 0) is 0 Å². The molecule has 0 bridgehead atoms. The number of urea groups is 1. The van der Waals surface area contributed by atoms with Crippen molar-refractivity contribution in [2.24, 2.45) is 0 Å². The van der Waals surface area contributed by atoms with Crippen molar-refractivity contribution < 1.29 is 14.6 Å². The lowest BCUT2D eigenvalue weighted by molar-refractivity contribution is 0.234. The van der Waals surface area contributed by atoms with E-state index in [2.05, 4.69) is 20.6 Å². The molecule has 0 saturated heterocycles. The van der Waals surface area contributed by atoms with E-state index in [0.29, 0.717) is 29.5 Å². The fraction of sp³-hybridized carbons (Fsp3) is 0.200. The van der Waals surface area contributed by atoms with Gasteiger partial charge in [0.25, 0.3) is 0 Å². The molecule has 1 heterocycles. The largest absolute Gasteiger partial charge is 0.491 e. The number of rotatable bonds is 6. The summed E-state index contributed by atoms with van der Waals surface area (Å²) >= 11 is 5.93. The summed E-state index contributed by atoms with van der Waals surface area (Å²) in [5, 5.41) is 23.0. The van der Waals surface area contributed by atoms with Crippen molar-refractivity contribution >= 4 is 29.1 Å². The lowest BCUT2D eigenvalue weighted by atomic mass is 10.3. The number of ether oxygens (including phenoxy) is 1. The Kier molecular flexibility index (Phi) is 6.31. The molecule has 9 heteroatoms. The highest BCUT2D eigenvalue weighted by Crippen LogP contribution is 2.28. The van der Waals surface area contributed by atoms with Gasteiger partial charge in [-0.3, -0.25) is 5.32 Å². The first-order valence-corrected chi connectivity index (χ1v) is 7.33. The SMILES string of the molecule is N#Cc1cnc(NC(=O)Nc2cc(Cl)ccc2OCCCO)cn1. The predicted octanol–water partition coefficient (Wildman–Crippen LogP) is 2.41. The zero-order chi connectivity index (χ0) is 17.4. The third-order valence-electron chi connectivity index (χ3n) is 2.76. The second kappa shape index (κ2) is 8.67. The second-order valence-electron chi connectivity index (χ2n) is 4.54.